The van der Waals surface area contributed by atoms with E-state index < -0.39 is 0 Å². The molecule has 0 aliphatic carbocycles. The second-order valence-electron chi connectivity index (χ2n) is 4.75. The van der Waals surface area contributed by atoms with Crippen LogP contribution in [0.4, 0.5) is 0 Å². The predicted molar refractivity (Wildman–Crippen MR) is 78.5 cm³/mol. The van der Waals surface area contributed by atoms with Crippen molar-refractivity contribution in [2.45, 2.75) is 13.0 Å². The lowest BCUT2D eigenvalue weighted by Gasteiger charge is -2.04. The van der Waals surface area contributed by atoms with Gasteiger partial charge in [0.15, 0.2) is 5.78 Å². The van der Waals surface area contributed by atoms with Gasteiger partial charge in [0.2, 0.25) is 0 Å². The molecule has 2 aromatic rings. The van der Waals surface area contributed by atoms with Crippen LogP contribution in [0.15, 0.2) is 59.6 Å². The van der Waals surface area contributed by atoms with Gasteiger partial charge in [-0.05, 0) is 17.7 Å². The van der Waals surface area contributed by atoms with E-state index >= 15 is 0 Å². The maximum atomic E-state index is 12.2. The Bertz CT molecular complexity index is 647. The van der Waals surface area contributed by atoms with Crippen LogP contribution in [0.1, 0.15) is 22.3 Å². The first-order chi connectivity index (χ1) is 9.83. The van der Waals surface area contributed by atoms with E-state index in [1.54, 1.807) is 6.07 Å². The van der Waals surface area contributed by atoms with Crippen LogP contribution < -0.4 is 4.74 Å². The van der Waals surface area contributed by atoms with Crippen molar-refractivity contribution in [3.05, 3.63) is 65.7 Å². The number of hydrogen-bond acceptors (Lipinski definition) is 3. The van der Waals surface area contributed by atoms with Gasteiger partial charge in [-0.15, -0.1) is 0 Å². The molecule has 1 heterocycles. The predicted octanol–water partition coefficient (Wildman–Crippen LogP) is 3.29. The molecule has 20 heavy (non-hydrogen) atoms. The normalized spacial score (nSPS) is 16.4. The molecule has 1 aliphatic rings. The first kappa shape index (κ1) is 12.6. The van der Waals surface area contributed by atoms with Gasteiger partial charge in [-0.25, -0.2) is 0 Å². The van der Waals surface area contributed by atoms with Crippen LogP contribution in [0.25, 0.3) is 0 Å². The standard InChI is InChI=1S/C17H15NO2/c19-16-10-14(18-11-13-6-2-1-3-7-13)12-20-17-9-5-4-8-15(16)17/h1-9H,10-12H2. The highest BCUT2D eigenvalue weighted by Crippen LogP contribution is 2.22. The number of nitrogens with zero attached hydrogens (tertiary/aromatic N) is 1. The van der Waals surface area contributed by atoms with Gasteiger partial charge in [0, 0.05) is 0 Å². The molecule has 0 spiro atoms. The summed E-state index contributed by atoms with van der Waals surface area (Å²) in [5.74, 6) is 0.729. The second-order valence-corrected chi connectivity index (χ2v) is 4.75. The summed E-state index contributed by atoms with van der Waals surface area (Å²) in [4.78, 5) is 16.7. The fourth-order valence-corrected chi connectivity index (χ4v) is 2.20. The first-order valence-electron chi connectivity index (χ1n) is 6.64. The van der Waals surface area contributed by atoms with Gasteiger partial charge < -0.3 is 4.74 Å². The zero-order valence-electron chi connectivity index (χ0n) is 11.1. The number of carbonyl (C=O) groups is 1. The molecule has 1 aliphatic heterocycles. The quantitative estimate of drug-likeness (QED) is 0.835. The van der Waals surface area contributed by atoms with Crippen LogP contribution in [-0.4, -0.2) is 18.1 Å². The number of para-hydroxylation sites is 1. The van der Waals surface area contributed by atoms with Crippen LogP contribution in [0.3, 0.4) is 0 Å². The molecule has 0 aromatic heterocycles. The molecule has 3 rings (SSSR count). The molecule has 0 bridgehead atoms. The Morgan fingerprint density at radius 1 is 1.00 bits per heavy atom. The fourth-order valence-electron chi connectivity index (χ4n) is 2.20. The van der Waals surface area contributed by atoms with Crippen molar-refractivity contribution in [1.29, 1.82) is 0 Å². The minimum absolute atomic E-state index is 0.0740. The lowest BCUT2D eigenvalue weighted by Crippen LogP contribution is -2.12. The van der Waals surface area contributed by atoms with E-state index in [1.807, 2.05) is 48.5 Å². The van der Waals surface area contributed by atoms with Crippen molar-refractivity contribution < 1.29 is 9.53 Å². The Morgan fingerprint density at radius 3 is 2.60 bits per heavy atom. The maximum Gasteiger partial charge on any atom is 0.172 e. The molecule has 2 aromatic carbocycles. The van der Waals surface area contributed by atoms with Gasteiger partial charge in [-0.2, -0.15) is 0 Å². The van der Waals surface area contributed by atoms with E-state index in [0.29, 0.717) is 30.9 Å². The van der Waals surface area contributed by atoms with Gasteiger partial charge in [0.25, 0.3) is 0 Å². The lowest BCUT2D eigenvalue weighted by atomic mass is 10.1. The minimum Gasteiger partial charge on any atom is -0.487 e. The number of ether oxygens (including phenoxy) is 1. The largest absolute Gasteiger partial charge is 0.487 e. The van der Waals surface area contributed by atoms with Crippen LogP contribution in [-0.2, 0) is 6.54 Å². The number of aliphatic imine (C=N–C) groups is 1. The smallest absolute Gasteiger partial charge is 0.172 e. The second kappa shape index (κ2) is 5.70. The van der Waals surface area contributed by atoms with Crippen LogP contribution >= 0.6 is 0 Å². The molecule has 0 unspecified atom stereocenters. The van der Waals surface area contributed by atoms with Gasteiger partial charge in [0.1, 0.15) is 12.4 Å². The molecular weight excluding hydrogens is 250 g/mol. The van der Waals surface area contributed by atoms with Crippen LogP contribution in [0.2, 0.25) is 0 Å². The minimum atomic E-state index is 0.0740. The molecule has 0 amide bonds. The van der Waals surface area contributed by atoms with Crippen molar-refractivity contribution in [1.82, 2.24) is 0 Å². The average Bonchev–Trinajstić information content (AvgIpc) is 2.66. The Morgan fingerprint density at radius 2 is 1.75 bits per heavy atom. The van der Waals surface area contributed by atoms with E-state index in [9.17, 15) is 4.79 Å². The lowest BCUT2D eigenvalue weighted by molar-refractivity contribution is 0.100. The highest BCUT2D eigenvalue weighted by atomic mass is 16.5. The zero-order valence-corrected chi connectivity index (χ0v) is 11.1. The molecule has 0 atom stereocenters. The molecular formula is C17H15NO2. The van der Waals surface area contributed by atoms with Gasteiger partial charge in [-0.3, -0.25) is 9.79 Å². The summed E-state index contributed by atoms with van der Waals surface area (Å²) in [6, 6.07) is 17.4. The van der Waals surface area contributed by atoms with E-state index in [2.05, 4.69) is 4.99 Å². The van der Waals surface area contributed by atoms with Crippen LogP contribution in [0, 0.1) is 0 Å². The molecule has 0 saturated carbocycles. The van der Waals surface area contributed by atoms with Crippen molar-refractivity contribution in [2.75, 3.05) is 6.61 Å². The highest BCUT2D eigenvalue weighted by Gasteiger charge is 2.19. The summed E-state index contributed by atoms with van der Waals surface area (Å²) < 4.78 is 5.67. The Balaban J connectivity index is 1.76. The molecule has 0 radical (unpaired) electrons. The van der Waals surface area contributed by atoms with Gasteiger partial charge in [0.05, 0.1) is 24.2 Å². The van der Waals surface area contributed by atoms with E-state index in [4.69, 9.17) is 4.74 Å². The van der Waals surface area contributed by atoms with Crippen molar-refractivity contribution >= 4 is 11.5 Å². The maximum absolute atomic E-state index is 12.2. The summed E-state index contributed by atoms with van der Waals surface area (Å²) >= 11 is 0. The van der Waals surface area contributed by atoms with Crippen molar-refractivity contribution in [3.63, 3.8) is 0 Å². The molecule has 3 heteroatoms. The zero-order chi connectivity index (χ0) is 13.8. The van der Waals surface area contributed by atoms with E-state index in [0.717, 1.165) is 11.3 Å². The topological polar surface area (TPSA) is 38.7 Å². The van der Waals surface area contributed by atoms with Crippen LogP contribution in [0.5, 0.6) is 5.75 Å². The Hall–Kier alpha value is -2.42. The monoisotopic (exact) mass is 265 g/mol. The van der Waals surface area contributed by atoms with Crippen molar-refractivity contribution in [2.24, 2.45) is 4.99 Å². The summed E-state index contributed by atoms with van der Waals surface area (Å²) in [5.41, 5.74) is 2.58. The number of rotatable bonds is 2. The summed E-state index contributed by atoms with van der Waals surface area (Å²) in [5, 5.41) is 0. The third kappa shape index (κ3) is 2.77. The summed E-state index contributed by atoms with van der Waals surface area (Å²) in [7, 11) is 0. The first-order valence-corrected chi connectivity index (χ1v) is 6.64. The van der Waals surface area contributed by atoms with Crippen molar-refractivity contribution in [3.8, 4) is 5.75 Å². The number of benzene rings is 2. The highest BCUT2D eigenvalue weighted by molar-refractivity contribution is 6.12. The third-order valence-electron chi connectivity index (χ3n) is 3.27. The molecule has 3 nitrogen and oxygen atoms in total. The Labute approximate surface area is 117 Å². The molecule has 0 saturated heterocycles. The van der Waals surface area contributed by atoms with E-state index in [1.165, 1.54) is 0 Å². The number of ketones is 1. The number of carbonyl (C=O) groups excluding carboxylic acids is 1. The Kier molecular flexibility index (Phi) is 3.59. The fraction of sp³-hybridized carbons (Fsp3) is 0.176. The van der Waals surface area contributed by atoms with Gasteiger partial charge >= 0.3 is 0 Å². The SMILES string of the molecule is O=C1CC(=NCc2ccccc2)COc2ccccc21. The summed E-state index contributed by atoms with van der Waals surface area (Å²) in [6.07, 6.45) is 0.337. The van der Waals surface area contributed by atoms with E-state index in [-0.39, 0.29) is 5.78 Å². The number of fused-ring (bicyclic) bond motifs is 1. The average molecular weight is 265 g/mol. The molecule has 100 valence electrons. The number of hydrogen-bond donors (Lipinski definition) is 0. The molecule has 0 fully saturated rings. The molecule has 0 N–H and O–H groups in total. The summed E-state index contributed by atoms with van der Waals surface area (Å²) in [6.45, 7) is 0.971. The van der Waals surface area contributed by atoms with Gasteiger partial charge in [-0.1, -0.05) is 42.5 Å². The number of Topliss-reactive ketones (excluding diaryl/α,β-unsaturated/α-hetero) is 1. The third-order valence-corrected chi connectivity index (χ3v) is 3.27.